The minimum Gasteiger partial charge on any atom is -0.489 e. The van der Waals surface area contributed by atoms with E-state index in [4.69, 9.17) is 23.7 Å². The summed E-state index contributed by atoms with van der Waals surface area (Å²) in [5, 5.41) is 46.9. The third-order valence-electron chi connectivity index (χ3n) is 15.0. The Bertz CT molecular complexity index is 2330. The van der Waals surface area contributed by atoms with Gasteiger partial charge in [0.25, 0.3) is 0 Å². The van der Waals surface area contributed by atoms with Gasteiger partial charge in [-0.15, -0.1) is 0 Å². The lowest BCUT2D eigenvalue weighted by molar-refractivity contribution is -0.151. The minimum atomic E-state index is -1.21. The van der Waals surface area contributed by atoms with Crippen molar-refractivity contribution in [2.24, 2.45) is 17.8 Å². The topological polar surface area (TPSA) is 197 Å². The van der Waals surface area contributed by atoms with Gasteiger partial charge in [-0.25, -0.2) is 4.79 Å². The van der Waals surface area contributed by atoms with Crippen LogP contribution < -0.4 is 14.2 Å². The average Bonchev–Trinajstić information content (AvgIpc) is 3.97. The van der Waals surface area contributed by atoms with Crippen LogP contribution >= 0.6 is 0 Å². The van der Waals surface area contributed by atoms with Gasteiger partial charge in [-0.1, -0.05) is 18.1 Å². The highest BCUT2D eigenvalue weighted by atomic mass is 16.6. The van der Waals surface area contributed by atoms with E-state index in [1.807, 2.05) is 30.5 Å². The van der Waals surface area contributed by atoms with Crippen LogP contribution in [0.5, 0.6) is 17.2 Å². The van der Waals surface area contributed by atoms with Gasteiger partial charge in [0.1, 0.15) is 40.8 Å². The molecule has 3 saturated carbocycles. The van der Waals surface area contributed by atoms with Gasteiger partial charge in [0.2, 0.25) is 5.76 Å². The summed E-state index contributed by atoms with van der Waals surface area (Å²) in [6, 6.07) is 7.69. The zero-order valence-corrected chi connectivity index (χ0v) is 36.9. The molecule has 5 N–H and O–H groups in total. The Hall–Kier alpha value is -4.57. The molecule has 8 atom stereocenters. The molecule has 14 nitrogen and oxygen atoms in total. The average molecular weight is 883 g/mol. The first-order chi connectivity index (χ1) is 31.1. The van der Waals surface area contributed by atoms with Crippen LogP contribution in [0.1, 0.15) is 106 Å². The molecule has 3 aromatic rings. The molecular weight excluding hydrogens is 821 g/mol. The van der Waals surface area contributed by atoms with Gasteiger partial charge in [0.15, 0.2) is 6.29 Å². The number of aldehydes is 1. The number of hydrogen-bond acceptors (Lipinski definition) is 13. The number of piperidine rings is 1. The number of likely N-dealkylation sites (tertiary alicyclic amines) is 1. The van der Waals surface area contributed by atoms with Crippen LogP contribution in [0, 0.1) is 17.8 Å². The second-order valence-electron chi connectivity index (χ2n) is 18.8. The summed E-state index contributed by atoms with van der Waals surface area (Å²) in [7, 11) is 1.72. The number of aromatic amines is 1. The first kappa shape index (κ1) is 44.6. The number of nitrogens with zero attached hydrogens (tertiary/aromatic N) is 1. The second-order valence-corrected chi connectivity index (χ2v) is 18.8. The van der Waals surface area contributed by atoms with Crippen LogP contribution in [-0.4, -0.2) is 119 Å². The maximum atomic E-state index is 14.2. The van der Waals surface area contributed by atoms with E-state index < -0.39 is 54.9 Å². The van der Waals surface area contributed by atoms with Crippen LogP contribution in [0.4, 0.5) is 0 Å². The van der Waals surface area contributed by atoms with Crippen molar-refractivity contribution in [2.75, 3.05) is 46.6 Å². The largest absolute Gasteiger partial charge is 0.489 e. The van der Waals surface area contributed by atoms with Gasteiger partial charge in [0, 0.05) is 74.3 Å². The first-order valence-electron chi connectivity index (χ1n) is 23.4. The van der Waals surface area contributed by atoms with Crippen molar-refractivity contribution >= 4 is 34.5 Å². The number of fused-ring (bicyclic) bond motifs is 4. The smallest absolute Gasteiger partial charge is 0.375 e. The van der Waals surface area contributed by atoms with Gasteiger partial charge in [-0.2, -0.15) is 0 Å². The maximum Gasteiger partial charge on any atom is 0.375 e. The highest BCUT2D eigenvalue weighted by molar-refractivity contribution is 6.11. The van der Waals surface area contributed by atoms with E-state index in [0.717, 1.165) is 68.2 Å². The van der Waals surface area contributed by atoms with E-state index in [1.165, 1.54) is 0 Å². The van der Waals surface area contributed by atoms with Crippen molar-refractivity contribution in [3.63, 3.8) is 0 Å². The van der Waals surface area contributed by atoms with Crippen molar-refractivity contribution in [3.05, 3.63) is 69.6 Å². The van der Waals surface area contributed by atoms with E-state index in [0.29, 0.717) is 72.3 Å². The third kappa shape index (κ3) is 8.08. The van der Waals surface area contributed by atoms with E-state index in [-0.39, 0.29) is 66.1 Å². The molecule has 1 saturated heterocycles. The Morgan fingerprint density at radius 2 is 1.94 bits per heavy atom. The number of Topliss-reactive ketones (excluding diaryl/α,β-unsaturated/α-hetero) is 1. The molecule has 0 bridgehead atoms. The molecule has 344 valence electrons. The van der Waals surface area contributed by atoms with Crippen molar-refractivity contribution in [3.8, 4) is 17.2 Å². The molecule has 2 aromatic carbocycles. The fourth-order valence-corrected chi connectivity index (χ4v) is 12.0. The number of carbonyl (C=O) groups excluding carboxylic acids is 3. The molecule has 3 aliphatic carbocycles. The number of rotatable bonds is 13. The Labute approximate surface area is 373 Å². The number of nitrogens with one attached hydrogen (secondary N) is 1. The quantitative estimate of drug-likeness (QED) is 0.0827. The molecule has 64 heavy (non-hydrogen) atoms. The number of ketones is 1. The maximum absolute atomic E-state index is 14.2. The minimum absolute atomic E-state index is 0.00670. The fraction of sp³-hybridized carbons (Fsp3) is 0.580. The van der Waals surface area contributed by atoms with Crippen LogP contribution in [0.15, 0.2) is 47.4 Å². The van der Waals surface area contributed by atoms with Gasteiger partial charge >= 0.3 is 5.97 Å². The normalized spacial score (nSPS) is 30.6. The summed E-state index contributed by atoms with van der Waals surface area (Å²) in [6.07, 6.45) is 7.58. The Kier molecular flexibility index (Phi) is 13.1. The van der Waals surface area contributed by atoms with E-state index >= 15 is 0 Å². The predicted octanol–water partition coefficient (Wildman–Crippen LogP) is 5.45. The summed E-state index contributed by atoms with van der Waals surface area (Å²) in [5.41, 5.74) is 2.48. The van der Waals surface area contributed by atoms with Crippen molar-refractivity contribution in [1.82, 2.24) is 9.88 Å². The van der Waals surface area contributed by atoms with Crippen LogP contribution in [0.2, 0.25) is 0 Å². The number of benzene rings is 2. The summed E-state index contributed by atoms with van der Waals surface area (Å²) >= 11 is 0. The van der Waals surface area contributed by atoms with E-state index in [2.05, 4.69) is 9.88 Å². The Balaban J connectivity index is 1.21. The first-order valence-corrected chi connectivity index (χ1v) is 23.4. The van der Waals surface area contributed by atoms with E-state index in [9.17, 15) is 34.8 Å². The predicted molar refractivity (Wildman–Crippen MR) is 236 cm³/mol. The Morgan fingerprint density at radius 1 is 1.08 bits per heavy atom. The summed E-state index contributed by atoms with van der Waals surface area (Å²) in [4.78, 5) is 47.4. The molecule has 4 fully saturated rings. The van der Waals surface area contributed by atoms with E-state index in [1.54, 1.807) is 14.0 Å². The monoisotopic (exact) mass is 882 g/mol. The molecule has 14 heteroatoms. The van der Waals surface area contributed by atoms with Gasteiger partial charge < -0.3 is 54.0 Å². The molecule has 0 spiro atoms. The van der Waals surface area contributed by atoms with Gasteiger partial charge in [0.05, 0.1) is 42.6 Å². The number of esters is 1. The van der Waals surface area contributed by atoms with Crippen LogP contribution in [-0.2, 0) is 36.9 Å². The van der Waals surface area contributed by atoms with Crippen molar-refractivity contribution in [1.29, 1.82) is 0 Å². The summed E-state index contributed by atoms with van der Waals surface area (Å²) in [5.74, 6) is -1.99. The molecule has 3 aliphatic heterocycles. The lowest BCUT2D eigenvalue weighted by Crippen LogP contribution is -2.59. The number of aliphatic hydroxyl groups is 4. The van der Waals surface area contributed by atoms with Gasteiger partial charge in [-0.3, -0.25) is 9.59 Å². The number of ether oxygens (including phenoxy) is 5. The number of aliphatic hydroxyl groups excluding tert-OH is 3. The lowest BCUT2D eigenvalue weighted by atomic mass is 9.63. The molecule has 0 unspecified atom stereocenters. The van der Waals surface area contributed by atoms with Crippen molar-refractivity contribution in [2.45, 2.75) is 120 Å². The molecule has 0 radical (unpaired) electrons. The molecule has 9 rings (SSSR count). The number of hydrogen-bond donors (Lipinski definition) is 5. The van der Waals surface area contributed by atoms with Crippen LogP contribution in [0.25, 0.3) is 16.5 Å². The Morgan fingerprint density at radius 3 is 2.70 bits per heavy atom. The van der Waals surface area contributed by atoms with Crippen LogP contribution in [0.3, 0.4) is 0 Å². The molecule has 1 aromatic heterocycles. The summed E-state index contributed by atoms with van der Waals surface area (Å²) in [6.45, 7) is 3.98. The van der Waals surface area contributed by atoms with Gasteiger partial charge in [-0.05, 0) is 112 Å². The molecule has 0 amide bonds. The SMILES string of the molecule is CCOC(=O)C1=C(C=O)/C(=C2\C[C@@H](CO)C(=O)[C@H](c3ccc4[nH]ccc4c3)C2)c2c(c(CO)c3c(c2O[C@@H]2CCC[C@H](O)C2)C[C@@H]([C@@]2(O)CCC[C@@H]4CN(CCCOC)CC[C@@H]42)O3)O1. The zero-order valence-electron chi connectivity index (χ0n) is 36.9. The highest BCUT2D eigenvalue weighted by Gasteiger charge is 2.55. The third-order valence-corrected chi connectivity index (χ3v) is 15.0. The zero-order chi connectivity index (χ0) is 44.7. The second kappa shape index (κ2) is 18.7. The number of methoxy groups -OCH3 is 1. The molecular formula is C50H62N2O12. The standard InChI is InChI=1S/C50H62N2O12/c1-3-61-49(58)48-37(26-54)42(31-20-32(25-53)44(57)35(21-31)28-10-11-40-29(19-28)12-15-51-40)43-46(62-34-9-4-8-33(56)22-34)36-23-41(63-45(36)38(27-55)47(43)64-48)50(59)14-5-7-30-24-52(16-6-18-60-2)17-13-39(30)50/h10-12,15,19,26,30,32-35,39,41,51,53,55-56,59H,3-9,13-14,16-18,20-25,27H2,1-2H3/b42-31-/t30-,32+,33+,34-,35+,39+,41+,50-/m1/s1. The molecule has 6 aliphatic rings. The number of allylic oxidation sites excluding steroid dienone is 3. The van der Waals surface area contributed by atoms with Crippen molar-refractivity contribution < 1.29 is 58.5 Å². The fourth-order valence-electron chi connectivity index (χ4n) is 12.0. The highest BCUT2D eigenvalue weighted by Crippen LogP contribution is 2.58. The lowest BCUT2D eigenvalue weighted by Gasteiger charge is -2.51. The molecule has 4 heterocycles. The summed E-state index contributed by atoms with van der Waals surface area (Å²) < 4.78 is 31.3. The number of carbonyl (C=O) groups is 3. The number of aromatic nitrogens is 1. The number of H-pyrrole nitrogens is 1.